The Morgan fingerprint density at radius 1 is 0.737 bits per heavy atom. The van der Waals surface area contributed by atoms with Crippen LogP contribution in [-0.4, -0.2) is 23.6 Å². The highest BCUT2D eigenvalue weighted by Crippen LogP contribution is 2.38. The molecule has 2 N–H and O–H groups in total. The molecule has 0 unspecified atom stereocenters. The first-order chi connectivity index (χ1) is 18.2. The number of carbonyl (C=O) groups is 1. The lowest BCUT2D eigenvalue weighted by atomic mass is 9.92. The van der Waals surface area contributed by atoms with Crippen molar-refractivity contribution in [3.63, 3.8) is 0 Å². The van der Waals surface area contributed by atoms with Crippen LogP contribution in [0.25, 0.3) is 11.1 Å². The summed E-state index contributed by atoms with van der Waals surface area (Å²) in [5.41, 5.74) is 6.16. The number of hydrogen-bond donors (Lipinski definition) is 2. The zero-order valence-corrected chi connectivity index (χ0v) is 22.6. The molecule has 196 valence electrons. The van der Waals surface area contributed by atoms with E-state index >= 15 is 0 Å². The van der Waals surface area contributed by atoms with Crippen molar-refractivity contribution in [1.82, 2.24) is 0 Å². The average molecular weight is 553 g/mol. The molecule has 0 radical (unpaired) electrons. The van der Waals surface area contributed by atoms with E-state index in [0.29, 0.717) is 17.1 Å². The third kappa shape index (κ3) is 5.67. The number of carbonyl (C=O) groups excluding carboxylic acids is 1. The van der Waals surface area contributed by atoms with Gasteiger partial charge in [0.15, 0.2) is 17.8 Å². The maximum atomic E-state index is 11.0. The Morgan fingerprint density at radius 2 is 1.24 bits per heavy atom. The molecule has 0 atom stereocenters. The number of phenols is 2. The molecule has 0 aliphatic carbocycles. The summed E-state index contributed by atoms with van der Waals surface area (Å²) in [6, 6.07) is 17.6. The fourth-order valence-electron chi connectivity index (χ4n) is 4.14. The van der Waals surface area contributed by atoms with Crippen LogP contribution < -0.4 is 14.2 Å². The Bertz CT molecular complexity index is 1500. The Hall–Kier alpha value is -3.87. The lowest BCUT2D eigenvalue weighted by Gasteiger charge is -2.17. The van der Waals surface area contributed by atoms with Gasteiger partial charge in [-0.15, -0.1) is 0 Å². The minimum absolute atomic E-state index is 0.0526. The van der Waals surface area contributed by atoms with Gasteiger partial charge in [-0.2, -0.15) is 0 Å². The highest BCUT2D eigenvalue weighted by Gasteiger charge is 2.15. The van der Waals surface area contributed by atoms with Crippen LogP contribution in [0.1, 0.15) is 32.6 Å². The van der Waals surface area contributed by atoms with E-state index in [4.69, 9.17) is 37.4 Å². The van der Waals surface area contributed by atoms with Crippen molar-refractivity contribution in [2.75, 3.05) is 7.11 Å². The molecule has 0 saturated carbocycles. The van der Waals surface area contributed by atoms with E-state index < -0.39 is 0 Å². The highest BCUT2D eigenvalue weighted by atomic mass is 35.5. The van der Waals surface area contributed by atoms with E-state index in [1.807, 2.05) is 50.2 Å². The smallest absolute Gasteiger partial charge is 0.162 e. The van der Waals surface area contributed by atoms with Gasteiger partial charge in [0, 0.05) is 18.2 Å². The summed E-state index contributed by atoms with van der Waals surface area (Å²) >= 11 is 12.5. The first-order valence-corrected chi connectivity index (χ1v) is 12.5. The standard InChI is InChI=1S/C30H26Cl2O6/c1-17-19(15-37-28-12-26(34)21(14-33)10-24(28)31)6-4-8-22(17)23-9-5-7-20(18(23)2)16-38-29-13-27(35)30(36-3)11-25(29)32/h4-14,34-35H,15-16H2,1-3H3. The van der Waals surface area contributed by atoms with E-state index in [0.717, 1.165) is 33.4 Å². The van der Waals surface area contributed by atoms with Gasteiger partial charge in [0.1, 0.15) is 30.5 Å². The molecule has 0 aromatic heterocycles. The van der Waals surface area contributed by atoms with Crippen LogP contribution >= 0.6 is 23.2 Å². The van der Waals surface area contributed by atoms with Crippen LogP contribution in [-0.2, 0) is 13.2 Å². The second-order valence-electron chi connectivity index (χ2n) is 8.67. The van der Waals surface area contributed by atoms with Crippen molar-refractivity contribution in [2.45, 2.75) is 27.1 Å². The lowest BCUT2D eigenvalue weighted by molar-refractivity contribution is 0.112. The Balaban J connectivity index is 1.56. The van der Waals surface area contributed by atoms with Crippen LogP contribution in [0.2, 0.25) is 10.0 Å². The van der Waals surface area contributed by atoms with Gasteiger partial charge < -0.3 is 24.4 Å². The van der Waals surface area contributed by atoms with Crippen LogP contribution in [0.4, 0.5) is 0 Å². The molecule has 4 aromatic rings. The van der Waals surface area contributed by atoms with E-state index in [1.165, 1.54) is 31.4 Å². The Kier molecular flexibility index (Phi) is 8.35. The van der Waals surface area contributed by atoms with E-state index in [9.17, 15) is 15.0 Å². The number of rotatable bonds is 9. The molecular weight excluding hydrogens is 527 g/mol. The van der Waals surface area contributed by atoms with Gasteiger partial charge in [-0.05, 0) is 53.3 Å². The summed E-state index contributed by atoms with van der Waals surface area (Å²) in [5, 5.41) is 20.6. The minimum Gasteiger partial charge on any atom is -0.507 e. The molecule has 0 spiro atoms. The monoisotopic (exact) mass is 552 g/mol. The van der Waals surface area contributed by atoms with Crippen molar-refractivity contribution in [1.29, 1.82) is 0 Å². The van der Waals surface area contributed by atoms with Crippen molar-refractivity contribution in [2.24, 2.45) is 0 Å². The first kappa shape index (κ1) is 27.2. The van der Waals surface area contributed by atoms with E-state index in [2.05, 4.69) is 0 Å². The van der Waals surface area contributed by atoms with Crippen LogP contribution in [0.5, 0.6) is 28.7 Å². The van der Waals surface area contributed by atoms with Gasteiger partial charge in [0.2, 0.25) is 0 Å². The van der Waals surface area contributed by atoms with Crippen LogP contribution in [0, 0.1) is 13.8 Å². The molecule has 4 rings (SSSR count). The molecule has 0 bridgehead atoms. The van der Waals surface area contributed by atoms with Crippen molar-refractivity contribution >= 4 is 29.5 Å². The van der Waals surface area contributed by atoms with E-state index in [1.54, 1.807) is 0 Å². The first-order valence-electron chi connectivity index (χ1n) is 11.7. The predicted octanol–water partition coefficient (Wildman–Crippen LogP) is 7.67. The maximum Gasteiger partial charge on any atom is 0.162 e. The summed E-state index contributed by atoms with van der Waals surface area (Å²) in [6.07, 6.45) is 0.537. The highest BCUT2D eigenvalue weighted by molar-refractivity contribution is 6.32. The molecule has 0 fully saturated rings. The quantitative estimate of drug-likeness (QED) is 0.207. The SMILES string of the molecule is COc1cc(Cl)c(OCc2cccc(-c3cccc(COc4cc(O)c(C=O)cc4Cl)c3C)c2C)cc1O. The van der Waals surface area contributed by atoms with Crippen molar-refractivity contribution in [3.8, 4) is 39.9 Å². The number of aldehydes is 1. The van der Waals surface area contributed by atoms with Crippen LogP contribution in [0.3, 0.4) is 0 Å². The molecular formula is C30H26Cl2O6. The molecule has 0 aliphatic heterocycles. The number of aromatic hydroxyl groups is 2. The average Bonchev–Trinajstić information content (AvgIpc) is 2.90. The fourth-order valence-corrected chi connectivity index (χ4v) is 4.57. The number of hydrogen-bond acceptors (Lipinski definition) is 6. The molecule has 0 heterocycles. The molecule has 0 saturated heterocycles. The van der Waals surface area contributed by atoms with Gasteiger partial charge in [-0.25, -0.2) is 0 Å². The predicted molar refractivity (Wildman–Crippen MR) is 148 cm³/mol. The number of benzene rings is 4. The topological polar surface area (TPSA) is 85.2 Å². The van der Waals surface area contributed by atoms with Crippen molar-refractivity contribution < 1.29 is 29.2 Å². The number of methoxy groups -OCH3 is 1. The zero-order valence-electron chi connectivity index (χ0n) is 21.0. The molecule has 6 nitrogen and oxygen atoms in total. The second kappa shape index (κ2) is 11.7. The molecule has 38 heavy (non-hydrogen) atoms. The Morgan fingerprint density at radius 3 is 1.74 bits per heavy atom. The van der Waals surface area contributed by atoms with Gasteiger partial charge in [0.25, 0.3) is 0 Å². The minimum atomic E-state index is -0.189. The third-order valence-corrected chi connectivity index (χ3v) is 6.98. The largest absolute Gasteiger partial charge is 0.507 e. The van der Waals surface area contributed by atoms with Crippen LogP contribution in [0.15, 0.2) is 60.7 Å². The number of ether oxygens (including phenoxy) is 3. The summed E-state index contributed by atoms with van der Waals surface area (Å²) in [7, 11) is 1.45. The molecule has 0 aliphatic rings. The summed E-state index contributed by atoms with van der Waals surface area (Å²) < 4.78 is 16.9. The molecule has 4 aromatic carbocycles. The van der Waals surface area contributed by atoms with E-state index in [-0.39, 0.29) is 46.8 Å². The van der Waals surface area contributed by atoms with Gasteiger partial charge >= 0.3 is 0 Å². The summed E-state index contributed by atoms with van der Waals surface area (Å²) in [4.78, 5) is 11.0. The molecule has 8 heteroatoms. The van der Waals surface area contributed by atoms with Gasteiger partial charge in [0.05, 0.1) is 22.7 Å². The fraction of sp³-hybridized carbons (Fsp3) is 0.167. The summed E-state index contributed by atoms with van der Waals surface area (Å²) in [6.45, 7) is 4.53. The summed E-state index contributed by atoms with van der Waals surface area (Å²) in [5.74, 6) is 0.680. The lowest BCUT2D eigenvalue weighted by Crippen LogP contribution is -2.02. The number of halogens is 2. The maximum absolute atomic E-state index is 11.0. The van der Waals surface area contributed by atoms with Crippen molar-refractivity contribution in [3.05, 3.63) is 98.5 Å². The molecule has 0 amide bonds. The van der Waals surface area contributed by atoms with Gasteiger partial charge in [-0.1, -0.05) is 59.6 Å². The Labute approximate surface area is 230 Å². The normalized spacial score (nSPS) is 10.8. The second-order valence-corrected chi connectivity index (χ2v) is 9.48. The number of phenolic OH excluding ortho intramolecular Hbond substituents is 2. The third-order valence-electron chi connectivity index (χ3n) is 6.39. The van der Waals surface area contributed by atoms with Gasteiger partial charge in [-0.3, -0.25) is 4.79 Å². The zero-order chi connectivity index (χ0) is 27.4.